The van der Waals surface area contributed by atoms with E-state index < -0.39 is 8.07 Å². The summed E-state index contributed by atoms with van der Waals surface area (Å²) in [6, 6.07) is 17.9. The van der Waals surface area contributed by atoms with Gasteiger partial charge in [0.1, 0.15) is 0 Å². The number of unbranched alkanes of at least 4 members (excludes halogenated alkanes) is 1. The summed E-state index contributed by atoms with van der Waals surface area (Å²) in [4.78, 5) is 0. The first-order valence-corrected chi connectivity index (χ1v) is 13.7. The number of allylic oxidation sites excluding steroid dienone is 2. The molecule has 0 amide bonds. The van der Waals surface area contributed by atoms with Crippen LogP contribution in [0.5, 0.6) is 0 Å². The molecule has 0 aromatic heterocycles. The second-order valence-corrected chi connectivity index (χ2v) is 14.1. The average molecular weight is 532 g/mol. The zero-order valence-electron chi connectivity index (χ0n) is 17.7. The molecule has 30 heavy (non-hydrogen) atoms. The summed E-state index contributed by atoms with van der Waals surface area (Å²) in [6.45, 7) is 5.20. The van der Waals surface area contributed by atoms with Crippen molar-refractivity contribution in [2.75, 3.05) is 0 Å². The fourth-order valence-corrected chi connectivity index (χ4v) is 10.4. The second-order valence-electron chi connectivity index (χ2n) is 9.15. The minimum absolute atomic E-state index is 0. The summed E-state index contributed by atoms with van der Waals surface area (Å²) in [5, 5.41) is 0. The van der Waals surface area contributed by atoms with E-state index in [1.165, 1.54) is 36.0 Å². The monoisotopic (exact) mass is 529 g/mol. The number of hydrogen-bond acceptors (Lipinski definition) is 0. The Morgan fingerprint density at radius 1 is 0.833 bits per heavy atom. The standard InChI is InChI=1S/C26H29Si.2ClH.Zr/c1-27(2)25(26(27)24-18-17-21-11-4-7-13-23(21)24)14-8-5-10-20-16-15-19-9-3-6-12-22(19)20;;;/h3-4,6-7,9,11-18,20,24-26H,5,8,10H2,1-2H3;2*1H;/q-1;;;+3/p-2. The van der Waals surface area contributed by atoms with Crippen molar-refractivity contribution in [3.05, 3.63) is 89.4 Å². The van der Waals surface area contributed by atoms with Crippen molar-refractivity contribution in [3.63, 3.8) is 0 Å². The molecule has 2 aromatic rings. The Balaban J connectivity index is 0.00000107. The third kappa shape index (κ3) is 4.68. The van der Waals surface area contributed by atoms with E-state index in [1.54, 1.807) is 5.56 Å². The normalized spacial score (nSPS) is 26.1. The molecule has 155 valence electrons. The number of rotatable bonds is 6. The SMILES string of the molecule is C[Si]1(C)C([CH-]CCCC2C=Cc3ccccc32)C1C1C=Cc2ccccc21.[Cl-].[Cl-].[Zr+3]. The minimum atomic E-state index is -1.11. The summed E-state index contributed by atoms with van der Waals surface area (Å²) in [5.74, 6) is 1.31. The largest absolute Gasteiger partial charge is 3.00 e. The Morgan fingerprint density at radius 3 is 2.17 bits per heavy atom. The maximum atomic E-state index is 2.70. The first-order chi connectivity index (χ1) is 13.2. The van der Waals surface area contributed by atoms with E-state index in [0.29, 0.717) is 11.8 Å². The molecule has 4 atom stereocenters. The molecule has 5 rings (SSSR count). The molecule has 4 unspecified atom stereocenters. The molecule has 2 aromatic carbocycles. The Hall–Kier alpha value is -0.400. The number of benzene rings is 2. The van der Waals surface area contributed by atoms with Crippen molar-refractivity contribution in [2.24, 2.45) is 0 Å². The van der Waals surface area contributed by atoms with Crippen LogP contribution in [0.3, 0.4) is 0 Å². The van der Waals surface area contributed by atoms with Gasteiger partial charge in [-0.25, -0.2) is 0 Å². The van der Waals surface area contributed by atoms with Crippen LogP contribution in [0.4, 0.5) is 0 Å². The van der Waals surface area contributed by atoms with Crippen LogP contribution >= 0.6 is 0 Å². The zero-order valence-corrected chi connectivity index (χ0v) is 22.7. The summed E-state index contributed by atoms with van der Waals surface area (Å²) in [6.07, 6.45) is 16.1. The number of hydrogen-bond donors (Lipinski definition) is 0. The van der Waals surface area contributed by atoms with Gasteiger partial charge in [0.2, 0.25) is 0 Å². The van der Waals surface area contributed by atoms with Crippen LogP contribution in [0.1, 0.15) is 53.4 Å². The first kappa shape index (κ1) is 25.9. The summed E-state index contributed by atoms with van der Waals surface area (Å²) < 4.78 is 0. The molecule has 3 aliphatic rings. The van der Waals surface area contributed by atoms with E-state index in [-0.39, 0.29) is 51.0 Å². The maximum Gasteiger partial charge on any atom is 3.00 e. The smallest absolute Gasteiger partial charge is 1.00 e. The van der Waals surface area contributed by atoms with Gasteiger partial charge in [-0.3, -0.25) is 0 Å². The van der Waals surface area contributed by atoms with E-state index >= 15 is 0 Å². The van der Waals surface area contributed by atoms with Crippen LogP contribution < -0.4 is 24.8 Å². The Bertz CT molecular complexity index is 921. The molecular formula is C26H29Cl2SiZr. The summed E-state index contributed by atoms with van der Waals surface area (Å²) in [7, 11) is -1.11. The van der Waals surface area contributed by atoms with Crippen LogP contribution in [-0.2, 0) is 26.2 Å². The predicted octanol–water partition coefficient (Wildman–Crippen LogP) is 1.45. The molecule has 1 saturated heterocycles. The third-order valence-corrected chi connectivity index (χ3v) is 11.6. The number of fused-ring (bicyclic) bond motifs is 2. The molecule has 0 spiro atoms. The molecule has 1 heterocycles. The zero-order chi connectivity index (χ0) is 18.4. The van der Waals surface area contributed by atoms with Gasteiger partial charge >= 0.3 is 26.2 Å². The van der Waals surface area contributed by atoms with Gasteiger partial charge in [-0.05, 0) is 28.7 Å². The number of halogens is 2. The van der Waals surface area contributed by atoms with Gasteiger partial charge in [0.15, 0.2) is 0 Å². The van der Waals surface area contributed by atoms with Crippen molar-refractivity contribution >= 4 is 20.2 Å². The Morgan fingerprint density at radius 2 is 1.43 bits per heavy atom. The second kappa shape index (κ2) is 10.5. The van der Waals surface area contributed by atoms with E-state index in [9.17, 15) is 0 Å². The van der Waals surface area contributed by atoms with Gasteiger partial charge in [0.05, 0.1) is 0 Å². The maximum absolute atomic E-state index is 2.70. The van der Waals surface area contributed by atoms with Crippen molar-refractivity contribution in [2.45, 2.75) is 55.3 Å². The van der Waals surface area contributed by atoms with Crippen molar-refractivity contribution in [3.8, 4) is 0 Å². The molecule has 1 radical (unpaired) electrons. The van der Waals surface area contributed by atoms with E-state index in [2.05, 4.69) is 92.3 Å². The average Bonchev–Trinajstić information content (AvgIpc) is 3.03. The van der Waals surface area contributed by atoms with Gasteiger partial charge in [-0.1, -0.05) is 97.9 Å². The van der Waals surface area contributed by atoms with Crippen LogP contribution in [0, 0.1) is 6.42 Å². The van der Waals surface area contributed by atoms with Gasteiger partial charge in [0, 0.05) is 19.9 Å². The van der Waals surface area contributed by atoms with Gasteiger partial charge in [-0.2, -0.15) is 12.0 Å². The van der Waals surface area contributed by atoms with Gasteiger partial charge in [-0.15, -0.1) is 0 Å². The van der Waals surface area contributed by atoms with E-state index in [0.717, 1.165) is 11.1 Å². The molecule has 1 aliphatic heterocycles. The van der Waals surface area contributed by atoms with Crippen LogP contribution in [0.25, 0.3) is 12.2 Å². The van der Waals surface area contributed by atoms with Crippen LogP contribution in [-0.4, -0.2) is 8.07 Å². The quantitative estimate of drug-likeness (QED) is 0.301. The topological polar surface area (TPSA) is 0 Å². The molecule has 0 nitrogen and oxygen atoms in total. The molecule has 0 N–H and O–H groups in total. The predicted molar refractivity (Wildman–Crippen MR) is 120 cm³/mol. The first-order valence-electron chi connectivity index (χ1n) is 10.5. The molecule has 1 fully saturated rings. The van der Waals surface area contributed by atoms with Crippen molar-refractivity contribution in [1.29, 1.82) is 0 Å². The molecule has 0 saturated carbocycles. The van der Waals surface area contributed by atoms with E-state index in [1.807, 2.05) is 0 Å². The van der Waals surface area contributed by atoms with Crippen molar-refractivity contribution < 1.29 is 51.0 Å². The minimum Gasteiger partial charge on any atom is -1.00 e. The molecule has 2 aliphatic carbocycles. The molecule has 4 heteroatoms. The third-order valence-electron chi connectivity index (χ3n) is 7.26. The van der Waals surface area contributed by atoms with Gasteiger partial charge in [0.25, 0.3) is 0 Å². The Kier molecular flexibility index (Phi) is 9.03. The fraction of sp³-hybridized carbons (Fsp3) is 0.346. The van der Waals surface area contributed by atoms with Crippen LogP contribution in [0.2, 0.25) is 24.2 Å². The van der Waals surface area contributed by atoms with Crippen LogP contribution in [0.15, 0.2) is 60.7 Å². The molecular weight excluding hydrogens is 503 g/mol. The summed E-state index contributed by atoms with van der Waals surface area (Å²) >= 11 is 0. The van der Waals surface area contributed by atoms with Crippen molar-refractivity contribution in [1.82, 2.24) is 0 Å². The molecule has 0 bridgehead atoms. The van der Waals surface area contributed by atoms with E-state index in [4.69, 9.17) is 0 Å². The Labute approximate surface area is 214 Å². The fourth-order valence-electron chi connectivity index (χ4n) is 5.66. The summed E-state index contributed by atoms with van der Waals surface area (Å²) in [5.41, 5.74) is 7.78. The van der Waals surface area contributed by atoms with Gasteiger partial charge < -0.3 is 31.2 Å².